The third kappa shape index (κ3) is 2.28. The number of halogens is 1. The molecular weight excluding hydrogens is 238 g/mol. The smallest absolute Gasteiger partial charge is 0.223 e. The predicted molar refractivity (Wildman–Crippen MR) is 46.0 cm³/mol. The molecule has 0 atom stereocenters. The van der Waals surface area contributed by atoms with Crippen LogP contribution < -0.4 is 4.72 Å². The lowest BCUT2D eigenvalue weighted by Crippen LogP contribution is -1.90. The van der Waals surface area contributed by atoms with Gasteiger partial charge in [-0.25, -0.2) is 8.42 Å². The van der Waals surface area contributed by atoms with Crippen LogP contribution in [0.25, 0.3) is 0 Å². The van der Waals surface area contributed by atoms with E-state index in [9.17, 15) is 8.42 Å². The quantitative estimate of drug-likeness (QED) is 0.771. The van der Waals surface area contributed by atoms with Crippen LogP contribution in [-0.2, 0) is 10.9 Å². The van der Waals surface area contributed by atoms with Crippen molar-refractivity contribution in [3.8, 4) is 0 Å². The van der Waals surface area contributed by atoms with Crippen molar-refractivity contribution in [3.63, 3.8) is 0 Å². The van der Waals surface area contributed by atoms with Crippen molar-refractivity contribution in [2.45, 2.75) is 0 Å². The molecule has 1 rings (SSSR count). The highest BCUT2D eigenvalue weighted by Crippen LogP contribution is 2.26. The maximum Gasteiger partial charge on any atom is 0.223 e. The molecule has 0 unspecified atom stereocenters. The summed E-state index contributed by atoms with van der Waals surface area (Å²) < 4.78 is 23.4. The van der Waals surface area contributed by atoms with Gasteiger partial charge in [0.1, 0.15) is 5.00 Å². The summed E-state index contributed by atoms with van der Waals surface area (Å²) in [6, 6.07) is 3.48. The Balaban J connectivity index is 2.76. The van der Waals surface area contributed by atoms with Crippen LogP contribution >= 0.6 is 27.3 Å². The van der Waals surface area contributed by atoms with E-state index in [1.165, 1.54) is 11.3 Å². The van der Waals surface area contributed by atoms with Gasteiger partial charge in [-0.05, 0) is 28.1 Å². The lowest BCUT2D eigenvalue weighted by atomic mass is 10.6. The second kappa shape index (κ2) is 3.36. The highest BCUT2D eigenvalue weighted by molar-refractivity contribution is 9.11. The van der Waals surface area contributed by atoms with Crippen LogP contribution in [-0.4, -0.2) is 8.42 Å². The third-order valence-electron chi connectivity index (χ3n) is 0.775. The van der Waals surface area contributed by atoms with Gasteiger partial charge in [-0.2, -0.15) is 0 Å². The summed E-state index contributed by atoms with van der Waals surface area (Å²) in [5.41, 5.74) is 0. The fourth-order valence-corrected chi connectivity index (χ4v) is 2.26. The van der Waals surface area contributed by atoms with Gasteiger partial charge >= 0.3 is 0 Å². The van der Waals surface area contributed by atoms with E-state index in [4.69, 9.17) is 0 Å². The van der Waals surface area contributed by atoms with E-state index in [0.29, 0.717) is 5.00 Å². The summed E-state index contributed by atoms with van der Waals surface area (Å²) in [5, 5.41) is 0.628. The molecule has 0 spiro atoms. The van der Waals surface area contributed by atoms with Crippen molar-refractivity contribution in [2.75, 3.05) is 4.72 Å². The Bertz CT molecular complexity index is 285. The molecule has 3 nitrogen and oxygen atoms in total. The number of hydrogen-bond donors (Lipinski definition) is 2. The second-order valence-electron chi connectivity index (χ2n) is 1.47. The Kier molecular flexibility index (Phi) is 2.70. The van der Waals surface area contributed by atoms with Crippen LogP contribution in [0.15, 0.2) is 15.9 Å². The highest BCUT2D eigenvalue weighted by atomic mass is 79.9. The lowest BCUT2D eigenvalue weighted by Gasteiger charge is -1.87. The van der Waals surface area contributed by atoms with Gasteiger partial charge in [-0.15, -0.1) is 11.3 Å². The summed E-state index contributed by atoms with van der Waals surface area (Å²) in [4.78, 5) is 0. The minimum absolute atomic E-state index is 0.628. The molecule has 0 bridgehead atoms. The first kappa shape index (κ1) is 8.03. The van der Waals surface area contributed by atoms with Crippen molar-refractivity contribution in [1.82, 2.24) is 0 Å². The van der Waals surface area contributed by atoms with E-state index >= 15 is 0 Å². The Labute approximate surface area is 72.3 Å². The first-order valence-electron chi connectivity index (χ1n) is 2.35. The molecule has 0 aliphatic carbocycles. The van der Waals surface area contributed by atoms with E-state index in [1.54, 1.807) is 12.1 Å². The topological polar surface area (TPSA) is 46.2 Å². The number of hydrogen-bond acceptors (Lipinski definition) is 3. The molecule has 10 heavy (non-hydrogen) atoms. The summed E-state index contributed by atoms with van der Waals surface area (Å²) in [7, 11) is -2.52. The summed E-state index contributed by atoms with van der Waals surface area (Å²) in [6.07, 6.45) is 0. The van der Waals surface area contributed by atoms with Crippen molar-refractivity contribution < 1.29 is 8.42 Å². The van der Waals surface area contributed by atoms with E-state index in [1.807, 2.05) is 0 Å². The fourth-order valence-electron chi connectivity index (χ4n) is 0.464. The SMILES string of the molecule is O=[SH](=O)Nc1ccc(Br)s1. The molecule has 0 amide bonds. The van der Waals surface area contributed by atoms with Crippen LogP contribution in [0.5, 0.6) is 0 Å². The molecule has 1 N–H and O–H groups in total. The zero-order valence-corrected chi connectivity index (χ0v) is 8.00. The molecule has 0 radical (unpaired) electrons. The standard InChI is InChI=1S/C4H4BrNO2S2/c5-3-1-2-4(9-3)6-10(7)8/h1-2,10H,(H,6,7,8). The van der Waals surface area contributed by atoms with E-state index < -0.39 is 10.9 Å². The van der Waals surface area contributed by atoms with Gasteiger partial charge in [0.25, 0.3) is 0 Å². The number of thiol groups is 1. The van der Waals surface area contributed by atoms with Gasteiger partial charge in [-0.1, -0.05) is 0 Å². The zero-order chi connectivity index (χ0) is 7.56. The minimum atomic E-state index is -2.52. The van der Waals surface area contributed by atoms with Gasteiger partial charge < -0.3 is 0 Å². The first-order valence-corrected chi connectivity index (χ1v) is 5.13. The van der Waals surface area contributed by atoms with Gasteiger partial charge in [0.15, 0.2) is 0 Å². The van der Waals surface area contributed by atoms with Crippen LogP contribution in [0.3, 0.4) is 0 Å². The Hall–Kier alpha value is -0.0700. The summed E-state index contributed by atoms with van der Waals surface area (Å²) in [5.74, 6) is 0. The van der Waals surface area contributed by atoms with Crippen molar-refractivity contribution >= 4 is 43.2 Å². The van der Waals surface area contributed by atoms with Crippen LogP contribution in [0.2, 0.25) is 0 Å². The van der Waals surface area contributed by atoms with E-state index in [0.717, 1.165) is 3.79 Å². The molecule has 6 heteroatoms. The molecule has 0 aromatic carbocycles. The number of thiophene rings is 1. The maximum atomic E-state index is 10.1. The second-order valence-corrected chi connectivity index (χ2v) is 4.67. The normalized spacial score (nSPS) is 10.2. The molecule has 0 aliphatic heterocycles. The third-order valence-corrected chi connectivity index (χ3v) is 2.89. The predicted octanol–water partition coefficient (Wildman–Crippen LogP) is 1.45. The molecule has 0 saturated heterocycles. The number of rotatable bonds is 2. The molecule has 1 heterocycles. The van der Waals surface area contributed by atoms with Crippen molar-refractivity contribution in [2.24, 2.45) is 0 Å². The minimum Gasteiger partial charge on any atom is -0.277 e. The largest absolute Gasteiger partial charge is 0.277 e. The van der Waals surface area contributed by atoms with E-state index in [-0.39, 0.29) is 0 Å². The Morgan fingerprint density at radius 2 is 2.20 bits per heavy atom. The average Bonchev–Trinajstić information content (AvgIpc) is 2.13. The molecule has 56 valence electrons. The molecule has 0 aliphatic rings. The van der Waals surface area contributed by atoms with Crippen LogP contribution in [0.4, 0.5) is 5.00 Å². The van der Waals surface area contributed by atoms with Crippen LogP contribution in [0.1, 0.15) is 0 Å². The number of anilines is 1. The first-order chi connectivity index (χ1) is 4.68. The number of nitrogens with one attached hydrogen (secondary N) is 1. The Morgan fingerprint density at radius 3 is 2.60 bits per heavy atom. The monoisotopic (exact) mass is 241 g/mol. The van der Waals surface area contributed by atoms with Gasteiger partial charge in [0, 0.05) is 0 Å². The maximum absolute atomic E-state index is 10.1. The molecule has 0 fully saturated rings. The van der Waals surface area contributed by atoms with Crippen LogP contribution in [0, 0.1) is 0 Å². The van der Waals surface area contributed by atoms with Gasteiger partial charge in [-0.3, -0.25) is 4.72 Å². The zero-order valence-electron chi connectivity index (χ0n) is 4.70. The van der Waals surface area contributed by atoms with Crippen molar-refractivity contribution in [3.05, 3.63) is 15.9 Å². The molecular formula is C4H4BrNO2S2. The average molecular weight is 242 g/mol. The molecule has 0 saturated carbocycles. The van der Waals surface area contributed by atoms with Crippen molar-refractivity contribution in [1.29, 1.82) is 0 Å². The molecule has 1 aromatic heterocycles. The summed E-state index contributed by atoms with van der Waals surface area (Å²) in [6.45, 7) is 0. The van der Waals surface area contributed by atoms with E-state index in [2.05, 4.69) is 20.7 Å². The molecule has 1 aromatic rings. The lowest BCUT2D eigenvalue weighted by molar-refractivity contribution is 0.619. The fraction of sp³-hybridized carbons (Fsp3) is 0. The Morgan fingerprint density at radius 1 is 1.50 bits per heavy atom. The van der Waals surface area contributed by atoms with Gasteiger partial charge in [0.05, 0.1) is 3.79 Å². The van der Waals surface area contributed by atoms with Gasteiger partial charge in [0.2, 0.25) is 10.9 Å². The highest BCUT2D eigenvalue weighted by Gasteiger charge is 1.94. The summed E-state index contributed by atoms with van der Waals surface area (Å²) >= 11 is 4.54.